The summed E-state index contributed by atoms with van der Waals surface area (Å²) in [6, 6.07) is 4.40. The van der Waals surface area contributed by atoms with E-state index in [1.165, 1.54) is 18.2 Å². The van der Waals surface area contributed by atoms with Gasteiger partial charge in [0.25, 0.3) is 0 Å². The van der Waals surface area contributed by atoms with Crippen LogP contribution in [-0.2, 0) is 14.8 Å². The molecule has 1 heterocycles. The maximum atomic E-state index is 12.2. The lowest BCUT2D eigenvalue weighted by Gasteiger charge is -2.22. The lowest BCUT2D eigenvalue weighted by Crippen LogP contribution is -2.33. The number of hydrogen-bond acceptors (Lipinski definition) is 4. The van der Waals surface area contributed by atoms with Gasteiger partial charge in [-0.1, -0.05) is 0 Å². The highest BCUT2D eigenvalue weighted by Crippen LogP contribution is 2.21. The Bertz CT molecular complexity index is 605. The first-order valence-corrected chi connectivity index (χ1v) is 7.88. The van der Waals surface area contributed by atoms with E-state index in [1.807, 2.05) is 0 Å². The first kappa shape index (κ1) is 14.8. The van der Waals surface area contributed by atoms with Crippen LogP contribution in [0.2, 0.25) is 0 Å². The first-order valence-electron chi connectivity index (χ1n) is 6.33. The highest BCUT2D eigenvalue weighted by molar-refractivity contribution is 7.93. The molecule has 0 aliphatic carbocycles. The molecule has 7 heteroatoms. The molecule has 1 saturated heterocycles. The largest absolute Gasteiger partial charge is 0.478 e. The van der Waals surface area contributed by atoms with Crippen molar-refractivity contribution in [1.82, 2.24) is 0 Å². The smallest absolute Gasteiger partial charge is 0.335 e. The van der Waals surface area contributed by atoms with Crippen molar-refractivity contribution >= 4 is 21.7 Å². The van der Waals surface area contributed by atoms with Gasteiger partial charge in [0.05, 0.1) is 10.8 Å². The van der Waals surface area contributed by atoms with E-state index >= 15 is 0 Å². The molecule has 0 atom stereocenters. The van der Waals surface area contributed by atoms with E-state index in [1.54, 1.807) is 6.92 Å². The fraction of sp³-hybridized carbons (Fsp3) is 0.462. The van der Waals surface area contributed by atoms with Gasteiger partial charge in [0.15, 0.2) is 0 Å². The zero-order chi connectivity index (χ0) is 14.8. The third kappa shape index (κ3) is 3.29. The lowest BCUT2D eigenvalue weighted by molar-refractivity contribution is 0.0696. The number of carbonyl (C=O) groups is 1. The van der Waals surface area contributed by atoms with Crippen molar-refractivity contribution in [1.29, 1.82) is 0 Å². The number of benzene rings is 1. The molecule has 1 aliphatic heterocycles. The van der Waals surface area contributed by atoms with Gasteiger partial charge in [-0.05, 0) is 43.5 Å². The maximum absolute atomic E-state index is 12.2. The Hall–Kier alpha value is -1.60. The number of sulfonamides is 1. The molecule has 110 valence electrons. The molecule has 20 heavy (non-hydrogen) atoms. The number of hydrogen-bond donors (Lipinski definition) is 2. The average Bonchev–Trinajstić information content (AvgIpc) is 2.39. The van der Waals surface area contributed by atoms with E-state index in [0.29, 0.717) is 37.3 Å². The van der Waals surface area contributed by atoms with Crippen LogP contribution < -0.4 is 4.72 Å². The molecule has 1 aliphatic rings. The number of carboxylic acid groups (broad SMARTS) is 1. The summed E-state index contributed by atoms with van der Waals surface area (Å²) >= 11 is 0. The van der Waals surface area contributed by atoms with Crippen molar-refractivity contribution in [2.24, 2.45) is 0 Å². The molecule has 1 aromatic rings. The fourth-order valence-corrected chi connectivity index (χ4v) is 3.64. The number of rotatable bonds is 4. The molecule has 6 nitrogen and oxygen atoms in total. The fourth-order valence-electron chi connectivity index (χ4n) is 2.20. The maximum Gasteiger partial charge on any atom is 0.335 e. The lowest BCUT2D eigenvalue weighted by atomic mass is 10.1. The quantitative estimate of drug-likeness (QED) is 0.881. The molecule has 2 N–H and O–H groups in total. The van der Waals surface area contributed by atoms with Crippen molar-refractivity contribution in [2.75, 3.05) is 17.9 Å². The van der Waals surface area contributed by atoms with Crippen LogP contribution in [0.25, 0.3) is 0 Å². The van der Waals surface area contributed by atoms with Gasteiger partial charge in [-0.15, -0.1) is 0 Å². The minimum absolute atomic E-state index is 0.166. The van der Waals surface area contributed by atoms with Crippen molar-refractivity contribution in [3.8, 4) is 0 Å². The summed E-state index contributed by atoms with van der Waals surface area (Å²) in [4.78, 5) is 10.9. The van der Waals surface area contributed by atoms with Gasteiger partial charge in [0.1, 0.15) is 0 Å². The van der Waals surface area contributed by atoms with Gasteiger partial charge < -0.3 is 9.84 Å². The molecule has 0 aromatic heterocycles. The molecule has 0 spiro atoms. The predicted molar refractivity (Wildman–Crippen MR) is 74.5 cm³/mol. The summed E-state index contributed by atoms with van der Waals surface area (Å²) in [5, 5.41) is 8.48. The number of carboxylic acids is 1. The molecule has 0 saturated carbocycles. The number of aromatic carboxylic acids is 1. The summed E-state index contributed by atoms with van der Waals surface area (Å²) in [6.07, 6.45) is 0.947. The second-order valence-corrected chi connectivity index (χ2v) is 6.75. The standard InChI is InChI=1S/C13H17NO5S/c1-9-8-10(2-3-12(9)13(15)16)14-20(17,18)11-4-6-19-7-5-11/h2-3,8,11,14H,4-7H2,1H3,(H,15,16). The Balaban J connectivity index is 2.17. The van der Waals surface area contributed by atoms with Crippen molar-refractivity contribution in [3.05, 3.63) is 29.3 Å². The van der Waals surface area contributed by atoms with E-state index in [9.17, 15) is 13.2 Å². The summed E-state index contributed by atoms with van der Waals surface area (Å²) in [6.45, 7) is 2.53. The highest BCUT2D eigenvalue weighted by Gasteiger charge is 2.27. The molecular formula is C13H17NO5S. The molecular weight excluding hydrogens is 282 g/mol. The Morgan fingerprint density at radius 1 is 1.35 bits per heavy atom. The average molecular weight is 299 g/mol. The van der Waals surface area contributed by atoms with Crippen LogP contribution in [-0.4, -0.2) is 38.0 Å². The molecule has 0 bridgehead atoms. The van der Waals surface area contributed by atoms with Crippen molar-refractivity contribution in [3.63, 3.8) is 0 Å². The zero-order valence-corrected chi connectivity index (χ0v) is 11.9. The Kier molecular flexibility index (Phi) is 4.29. The topological polar surface area (TPSA) is 92.7 Å². The Morgan fingerprint density at radius 2 is 2.00 bits per heavy atom. The van der Waals surface area contributed by atoms with Crippen LogP contribution in [0.1, 0.15) is 28.8 Å². The van der Waals surface area contributed by atoms with Crippen LogP contribution in [0.15, 0.2) is 18.2 Å². The van der Waals surface area contributed by atoms with Gasteiger partial charge in [0, 0.05) is 18.9 Å². The summed E-state index contributed by atoms with van der Waals surface area (Å²) in [5.41, 5.74) is 1.07. The third-order valence-corrected chi connectivity index (χ3v) is 5.19. The van der Waals surface area contributed by atoms with Crippen molar-refractivity contribution < 1.29 is 23.1 Å². The summed E-state index contributed by atoms with van der Waals surface area (Å²) in [7, 11) is -3.46. The highest BCUT2D eigenvalue weighted by atomic mass is 32.2. The Labute approximate surface area is 117 Å². The van der Waals surface area contributed by atoms with Gasteiger partial charge in [0.2, 0.25) is 10.0 Å². The normalized spacial score (nSPS) is 16.9. The SMILES string of the molecule is Cc1cc(NS(=O)(=O)C2CCOCC2)ccc1C(=O)O. The van der Waals surface area contributed by atoms with E-state index in [0.717, 1.165) is 0 Å². The second kappa shape index (κ2) is 5.80. The number of ether oxygens (including phenoxy) is 1. The van der Waals surface area contributed by atoms with E-state index in [2.05, 4.69) is 4.72 Å². The molecule has 1 aromatic carbocycles. The summed E-state index contributed by atoms with van der Waals surface area (Å²) < 4.78 is 32.1. The zero-order valence-electron chi connectivity index (χ0n) is 11.1. The van der Waals surface area contributed by atoms with E-state index < -0.39 is 21.2 Å². The summed E-state index contributed by atoms with van der Waals surface area (Å²) in [5.74, 6) is -1.03. The predicted octanol–water partition coefficient (Wildman–Crippen LogP) is 1.61. The minimum Gasteiger partial charge on any atom is -0.478 e. The molecule has 1 fully saturated rings. The number of anilines is 1. The van der Waals surface area contributed by atoms with Crippen LogP contribution in [0.4, 0.5) is 5.69 Å². The van der Waals surface area contributed by atoms with Crippen LogP contribution >= 0.6 is 0 Å². The second-order valence-electron chi connectivity index (χ2n) is 4.79. The van der Waals surface area contributed by atoms with Gasteiger partial charge in [-0.3, -0.25) is 4.72 Å². The minimum atomic E-state index is -3.46. The van der Waals surface area contributed by atoms with E-state index in [4.69, 9.17) is 9.84 Å². The van der Waals surface area contributed by atoms with Gasteiger partial charge >= 0.3 is 5.97 Å². The van der Waals surface area contributed by atoms with Gasteiger partial charge in [-0.25, -0.2) is 13.2 Å². The third-order valence-electron chi connectivity index (χ3n) is 3.32. The Morgan fingerprint density at radius 3 is 2.55 bits per heavy atom. The molecule has 0 radical (unpaired) electrons. The molecule has 0 amide bonds. The van der Waals surface area contributed by atoms with Crippen molar-refractivity contribution in [2.45, 2.75) is 25.0 Å². The van der Waals surface area contributed by atoms with Crippen LogP contribution in [0.3, 0.4) is 0 Å². The van der Waals surface area contributed by atoms with Crippen LogP contribution in [0.5, 0.6) is 0 Å². The van der Waals surface area contributed by atoms with Gasteiger partial charge in [-0.2, -0.15) is 0 Å². The molecule has 0 unspecified atom stereocenters. The number of nitrogens with one attached hydrogen (secondary N) is 1. The molecule has 2 rings (SSSR count). The monoisotopic (exact) mass is 299 g/mol. The first-order chi connectivity index (χ1) is 9.40. The van der Waals surface area contributed by atoms with Crippen LogP contribution in [0, 0.1) is 6.92 Å². The van der Waals surface area contributed by atoms with E-state index in [-0.39, 0.29) is 5.56 Å². The number of aryl methyl sites for hydroxylation is 1.